The summed E-state index contributed by atoms with van der Waals surface area (Å²) >= 11 is 1.45. The molecule has 1 amide bonds. The van der Waals surface area contributed by atoms with E-state index in [0.29, 0.717) is 22.6 Å². The van der Waals surface area contributed by atoms with Gasteiger partial charge < -0.3 is 10.4 Å². The van der Waals surface area contributed by atoms with Gasteiger partial charge in [-0.15, -0.1) is 11.3 Å². The Hall–Kier alpha value is -3.78. The molecule has 0 aliphatic heterocycles. The van der Waals surface area contributed by atoms with E-state index in [1.54, 1.807) is 18.3 Å². The average molecular weight is 407 g/mol. The summed E-state index contributed by atoms with van der Waals surface area (Å²) in [5.74, 6) is -1.78. The van der Waals surface area contributed by atoms with Crippen molar-refractivity contribution < 1.29 is 19.1 Å². The van der Waals surface area contributed by atoms with Gasteiger partial charge in [0.2, 0.25) is 0 Å². The van der Waals surface area contributed by atoms with Crippen LogP contribution in [0.15, 0.2) is 72.2 Å². The SMILES string of the molecule is O=C(O)c1ccc(NC(=O)c2cn(-c3ccc(F)cc3)nc2-c2cccs2)cc1. The third-order valence-electron chi connectivity index (χ3n) is 4.19. The van der Waals surface area contributed by atoms with Gasteiger partial charge in [0, 0.05) is 11.9 Å². The van der Waals surface area contributed by atoms with Gasteiger partial charge >= 0.3 is 5.97 Å². The van der Waals surface area contributed by atoms with Crippen LogP contribution in [0.1, 0.15) is 20.7 Å². The van der Waals surface area contributed by atoms with Crippen LogP contribution in [0.5, 0.6) is 0 Å². The van der Waals surface area contributed by atoms with Crippen molar-refractivity contribution in [2.45, 2.75) is 0 Å². The summed E-state index contributed by atoms with van der Waals surface area (Å²) in [5.41, 5.74) is 2.06. The quantitative estimate of drug-likeness (QED) is 0.503. The van der Waals surface area contributed by atoms with Gasteiger partial charge in [0.05, 0.1) is 21.7 Å². The predicted molar refractivity (Wildman–Crippen MR) is 108 cm³/mol. The first-order valence-corrected chi connectivity index (χ1v) is 9.43. The number of halogens is 1. The minimum atomic E-state index is -1.04. The molecule has 8 heteroatoms. The molecule has 0 aliphatic carbocycles. The van der Waals surface area contributed by atoms with E-state index in [-0.39, 0.29) is 17.3 Å². The zero-order chi connectivity index (χ0) is 20.4. The van der Waals surface area contributed by atoms with Crippen LogP contribution >= 0.6 is 11.3 Å². The molecule has 0 bridgehead atoms. The molecule has 0 saturated carbocycles. The molecule has 2 aromatic heterocycles. The van der Waals surface area contributed by atoms with Crippen molar-refractivity contribution in [1.29, 1.82) is 0 Å². The van der Waals surface area contributed by atoms with Gasteiger partial charge in [-0.1, -0.05) is 6.07 Å². The van der Waals surface area contributed by atoms with Crippen LogP contribution in [-0.2, 0) is 0 Å². The van der Waals surface area contributed by atoms with E-state index in [1.807, 2.05) is 17.5 Å². The minimum Gasteiger partial charge on any atom is -0.478 e. The van der Waals surface area contributed by atoms with Crippen LogP contribution in [0.2, 0.25) is 0 Å². The Labute approximate surface area is 168 Å². The fourth-order valence-electron chi connectivity index (χ4n) is 2.76. The summed E-state index contributed by atoms with van der Waals surface area (Å²) in [6.07, 6.45) is 1.59. The molecule has 0 saturated heterocycles. The second-order valence-corrected chi connectivity index (χ2v) is 7.07. The van der Waals surface area contributed by atoms with Crippen molar-refractivity contribution in [2.24, 2.45) is 0 Å². The van der Waals surface area contributed by atoms with E-state index in [1.165, 1.54) is 52.4 Å². The summed E-state index contributed by atoms with van der Waals surface area (Å²) in [4.78, 5) is 24.7. The van der Waals surface area contributed by atoms with E-state index in [0.717, 1.165) is 4.88 Å². The first kappa shape index (κ1) is 18.6. The Morgan fingerprint density at radius 1 is 1.03 bits per heavy atom. The second kappa shape index (κ2) is 7.69. The number of aromatic carboxylic acids is 1. The third kappa shape index (κ3) is 3.92. The molecule has 0 spiro atoms. The lowest BCUT2D eigenvalue weighted by Crippen LogP contribution is -2.12. The van der Waals surface area contributed by atoms with Crippen LogP contribution in [0.3, 0.4) is 0 Å². The number of benzene rings is 2. The van der Waals surface area contributed by atoms with Crippen LogP contribution in [-0.4, -0.2) is 26.8 Å². The Kier molecular flexibility index (Phi) is 4.92. The molecule has 0 atom stereocenters. The van der Waals surface area contributed by atoms with Crippen LogP contribution in [0, 0.1) is 5.82 Å². The summed E-state index contributed by atoms with van der Waals surface area (Å²) in [6, 6.07) is 15.4. The van der Waals surface area contributed by atoms with E-state index < -0.39 is 5.97 Å². The lowest BCUT2D eigenvalue weighted by molar-refractivity contribution is 0.0696. The van der Waals surface area contributed by atoms with E-state index >= 15 is 0 Å². The highest BCUT2D eigenvalue weighted by atomic mass is 32.1. The number of amides is 1. The number of aromatic nitrogens is 2. The lowest BCUT2D eigenvalue weighted by atomic mass is 10.2. The highest BCUT2D eigenvalue weighted by molar-refractivity contribution is 7.13. The number of hydrogen-bond acceptors (Lipinski definition) is 4. The molecule has 0 aliphatic rings. The van der Waals surface area contributed by atoms with Crippen molar-refractivity contribution in [1.82, 2.24) is 9.78 Å². The number of carboxylic acid groups (broad SMARTS) is 1. The number of carbonyl (C=O) groups excluding carboxylic acids is 1. The molecule has 2 aromatic carbocycles. The predicted octanol–water partition coefficient (Wildman–Crippen LogP) is 4.69. The van der Waals surface area contributed by atoms with E-state index in [9.17, 15) is 14.0 Å². The molecular weight excluding hydrogens is 393 g/mol. The maximum atomic E-state index is 13.2. The molecule has 2 N–H and O–H groups in total. The molecule has 4 rings (SSSR count). The standard InChI is InChI=1S/C21H14FN3O3S/c22-14-5-9-16(10-6-14)25-12-17(19(24-25)18-2-1-11-29-18)20(26)23-15-7-3-13(4-8-15)21(27)28/h1-12H,(H,23,26)(H,27,28). The van der Waals surface area contributed by atoms with Crippen molar-refractivity contribution in [2.75, 3.05) is 5.32 Å². The third-order valence-corrected chi connectivity index (χ3v) is 5.07. The maximum Gasteiger partial charge on any atom is 0.335 e. The Bertz CT molecular complexity index is 1170. The normalized spacial score (nSPS) is 10.7. The molecule has 144 valence electrons. The number of thiophene rings is 1. The molecule has 0 fully saturated rings. The number of hydrogen-bond donors (Lipinski definition) is 2. The number of rotatable bonds is 5. The largest absolute Gasteiger partial charge is 0.478 e. The van der Waals surface area contributed by atoms with Gasteiger partial charge in [0.25, 0.3) is 5.91 Å². The smallest absolute Gasteiger partial charge is 0.335 e. The summed E-state index contributed by atoms with van der Waals surface area (Å²) < 4.78 is 14.8. The van der Waals surface area contributed by atoms with Gasteiger partial charge in [0.15, 0.2) is 0 Å². The fourth-order valence-corrected chi connectivity index (χ4v) is 3.48. The Morgan fingerprint density at radius 2 is 1.76 bits per heavy atom. The highest BCUT2D eigenvalue weighted by Gasteiger charge is 2.19. The number of nitrogens with one attached hydrogen (secondary N) is 1. The zero-order valence-corrected chi connectivity index (χ0v) is 15.7. The highest BCUT2D eigenvalue weighted by Crippen LogP contribution is 2.28. The topological polar surface area (TPSA) is 84.2 Å². The van der Waals surface area contributed by atoms with Crippen LogP contribution in [0.4, 0.5) is 10.1 Å². The number of carboxylic acids is 1. The Balaban J connectivity index is 1.68. The van der Waals surface area contributed by atoms with Crippen molar-refractivity contribution in [3.05, 3.63) is 89.2 Å². The van der Waals surface area contributed by atoms with Gasteiger partial charge in [-0.25, -0.2) is 13.9 Å². The summed E-state index contributed by atoms with van der Waals surface area (Å²) in [5, 5.41) is 18.2. The molecule has 2 heterocycles. The number of nitrogens with zero attached hydrogens (tertiary/aromatic N) is 2. The molecule has 6 nitrogen and oxygen atoms in total. The van der Waals surface area contributed by atoms with Gasteiger partial charge in [0.1, 0.15) is 11.5 Å². The lowest BCUT2D eigenvalue weighted by Gasteiger charge is -2.05. The van der Waals surface area contributed by atoms with E-state index in [4.69, 9.17) is 5.11 Å². The van der Waals surface area contributed by atoms with Crippen LogP contribution < -0.4 is 5.32 Å². The summed E-state index contributed by atoms with van der Waals surface area (Å²) in [7, 11) is 0. The zero-order valence-electron chi connectivity index (χ0n) is 14.9. The fraction of sp³-hybridized carbons (Fsp3) is 0. The Morgan fingerprint density at radius 3 is 2.38 bits per heavy atom. The number of anilines is 1. The van der Waals surface area contributed by atoms with Gasteiger partial charge in [-0.3, -0.25) is 4.79 Å². The molecule has 0 unspecified atom stereocenters. The van der Waals surface area contributed by atoms with Crippen molar-refractivity contribution in [3.63, 3.8) is 0 Å². The monoisotopic (exact) mass is 407 g/mol. The average Bonchev–Trinajstić information content (AvgIpc) is 3.39. The van der Waals surface area contributed by atoms with Crippen molar-refractivity contribution in [3.8, 4) is 16.3 Å². The molecule has 29 heavy (non-hydrogen) atoms. The molecule has 0 radical (unpaired) electrons. The van der Waals surface area contributed by atoms with Gasteiger partial charge in [-0.2, -0.15) is 5.10 Å². The number of carbonyl (C=O) groups is 2. The maximum absolute atomic E-state index is 13.2. The minimum absolute atomic E-state index is 0.131. The molecule has 4 aromatic rings. The van der Waals surface area contributed by atoms with Crippen molar-refractivity contribution >= 4 is 28.9 Å². The molecular formula is C21H14FN3O3S. The van der Waals surface area contributed by atoms with Crippen LogP contribution in [0.25, 0.3) is 16.3 Å². The first-order valence-electron chi connectivity index (χ1n) is 8.55. The summed E-state index contributed by atoms with van der Waals surface area (Å²) in [6.45, 7) is 0. The second-order valence-electron chi connectivity index (χ2n) is 6.13. The van der Waals surface area contributed by atoms with E-state index in [2.05, 4.69) is 10.4 Å². The van der Waals surface area contributed by atoms with Gasteiger partial charge in [-0.05, 0) is 60.0 Å². The first-order chi connectivity index (χ1) is 14.0.